The molecule has 0 aliphatic carbocycles. The van der Waals surface area contributed by atoms with Crippen LogP contribution in [0.15, 0.2) is 54.2 Å². The average Bonchev–Trinajstić information content (AvgIpc) is 2.63. The maximum atomic E-state index is 13.6. The first kappa shape index (κ1) is 18.8. The van der Waals surface area contributed by atoms with Gasteiger partial charge in [0.1, 0.15) is 5.82 Å². The van der Waals surface area contributed by atoms with Gasteiger partial charge in [0.05, 0.1) is 0 Å². The smallest absolute Gasteiger partial charge is 0.253 e. The fourth-order valence-corrected chi connectivity index (χ4v) is 3.19. The summed E-state index contributed by atoms with van der Waals surface area (Å²) in [7, 11) is 0. The minimum Gasteiger partial charge on any atom is -0.332 e. The van der Waals surface area contributed by atoms with Gasteiger partial charge in [0.2, 0.25) is 5.91 Å². The van der Waals surface area contributed by atoms with Gasteiger partial charge in [-0.05, 0) is 47.7 Å². The molecule has 2 aromatic carbocycles. The highest BCUT2D eigenvalue weighted by Gasteiger charge is 2.29. The fourth-order valence-electron chi connectivity index (χ4n) is 3.19. The van der Waals surface area contributed by atoms with Crippen molar-refractivity contribution in [3.63, 3.8) is 0 Å². The second kappa shape index (κ2) is 7.74. The Bertz CT molecular complexity index is 918. The van der Waals surface area contributed by atoms with Gasteiger partial charge in [-0.2, -0.15) is 0 Å². The summed E-state index contributed by atoms with van der Waals surface area (Å²) in [6.45, 7) is 6.12. The van der Waals surface area contributed by atoms with Crippen LogP contribution in [0.2, 0.25) is 0 Å². The van der Waals surface area contributed by atoms with Gasteiger partial charge in [0, 0.05) is 29.8 Å². The number of hydrogen-bond donors (Lipinski definition) is 2. The molecule has 5 heteroatoms. The van der Waals surface area contributed by atoms with Crippen LogP contribution in [-0.2, 0) is 9.59 Å². The Morgan fingerprint density at radius 3 is 2.70 bits per heavy atom. The van der Waals surface area contributed by atoms with Crippen LogP contribution in [0.25, 0.3) is 0 Å². The molecule has 2 aromatic rings. The number of nitrogens with one attached hydrogen (secondary N) is 2. The van der Waals surface area contributed by atoms with E-state index in [9.17, 15) is 14.0 Å². The molecule has 1 aliphatic rings. The lowest BCUT2D eigenvalue weighted by atomic mass is 9.86. The van der Waals surface area contributed by atoms with Gasteiger partial charge in [-0.3, -0.25) is 9.59 Å². The van der Waals surface area contributed by atoms with Gasteiger partial charge in [0.15, 0.2) is 0 Å². The first-order valence-electron chi connectivity index (χ1n) is 9.02. The van der Waals surface area contributed by atoms with Gasteiger partial charge in [-0.1, -0.05) is 38.1 Å². The molecule has 4 nitrogen and oxygen atoms in total. The molecule has 0 spiro atoms. The monoisotopic (exact) mass is 366 g/mol. The summed E-state index contributed by atoms with van der Waals surface area (Å²) in [5.74, 6) is -1.02. The van der Waals surface area contributed by atoms with Gasteiger partial charge in [-0.25, -0.2) is 4.39 Å². The van der Waals surface area contributed by atoms with Crippen LogP contribution in [0.1, 0.15) is 48.8 Å². The maximum Gasteiger partial charge on any atom is 0.253 e. The van der Waals surface area contributed by atoms with E-state index >= 15 is 0 Å². The zero-order chi connectivity index (χ0) is 19.6. The van der Waals surface area contributed by atoms with Crippen LogP contribution >= 0.6 is 0 Å². The Morgan fingerprint density at radius 2 is 2.00 bits per heavy atom. The highest BCUT2D eigenvalue weighted by atomic mass is 19.1. The highest BCUT2D eigenvalue weighted by molar-refractivity contribution is 6.06. The van der Waals surface area contributed by atoms with E-state index in [4.69, 9.17) is 0 Å². The van der Waals surface area contributed by atoms with E-state index < -0.39 is 11.7 Å². The zero-order valence-electron chi connectivity index (χ0n) is 15.7. The molecule has 0 fully saturated rings. The van der Waals surface area contributed by atoms with Crippen molar-refractivity contribution in [2.45, 2.75) is 39.0 Å². The molecular formula is C22H23FN2O2. The Hall–Kier alpha value is -2.95. The number of benzene rings is 2. The van der Waals surface area contributed by atoms with Gasteiger partial charge in [0.25, 0.3) is 5.91 Å². The normalized spacial score (nSPS) is 16.7. The summed E-state index contributed by atoms with van der Waals surface area (Å²) in [5, 5.41) is 5.55. The molecule has 3 rings (SSSR count). The Balaban J connectivity index is 1.90. The van der Waals surface area contributed by atoms with Crippen LogP contribution in [0.4, 0.5) is 10.1 Å². The topological polar surface area (TPSA) is 58.2 Å². The van der Waals surface area contributed by atoms with Crippen molar-refractivity contribution in [2.24, 2.45) is 0 Å². The summed E-state index contributed by atoms with van der Waals surface area (Å²) >= 11 is 0. The molecule has 1 atom stereocenters. The van der Waals surface area contributed by atoms with Crippen molar-refractivity contribution in [3.05, 3.63) is 76.7 Å². The van der Waals surface area contributed by atoms with Gasteiger partial charge >= 0.3 is 0 Å². The summed E-state index contributed by atoms with van der Waals surface area (Å²) in [6, 6.07) is 12.0. The molecular weight excluding hydrogens is 343 g/mol. The third-order valence-electron chi connectivity index (χ3n) is 4.84. The van der Waals surface area contributed by atoms with E-state index in [1.165, 1.54) is 18.3 Å². The number of carbonyl (C=O) groups excluding carboxylic acids is 2. The van der Waals surface area contributed by atoms with E-state index in [1.54, 1.807) is 12.1 Å². The van der Waals surface area contributed by atoms with Crippen molar-refractivity contribution in [1.82, 2.24) is 5.32 Å². The first-order chi connectivity index (χ1) is 12.8. The van der Waals surface area contributed by atoms with Crippen molar-refractivity contribution in [2.75, 3.05) is 5.32 Å². The van der Waals surface area contributed by atoms with E-state index in [0.717, 1.165) is 16.8 Å². The fraction of sp³-hybridized carbons (Fsp3) is 0.273. The predicted molar refractivity (Wildman–Crippen MR) is 104 cm³/mol. The van der Waals surface area contributed by atoms with Crippen molar-refractivity contribution < 1.29 is 14.0 Å². The molecule has 27 heavy (non-hydrogen) atoms. The third-order valence-corrected chi connectivity index (χ3v) is 4.84. The number of rotatable bonds is 4. The Labute approximate surface area is 158 Å². The molecule has 1 heterocycles. The largest absolute Gasteiger partial charge is 0.332 e. The van der Waals surface area contributed by atoms with E-state index in [1.807, 2.05) is 25.1 Å². The SMILES string of the molecule is Cc1ccc(C(C)C)cc1NC(=O)C1=CNC(=O)C[C@H]1c1cccc(F)c1. The molecule has 0 unspecified atom stereocenters. The van der Waals surface area contributed by atoms with Crippen molar-refractivity contribution in [1.29, 1.82) is 0 Å². The molecule has 2 N–H and O–H groups in total. The molecule has 0 aromatic heterocycles. The third kappa shape index (κ3) is 4.25. The number of amides is 2. The zero-order valence-corrected chi connectivity index (χ0v) is 15.7. The molecule has 1 aliphatic heterocycles. The van der Waals surface area contributed by atoms with E-state index in [-0.39, 0.29) is 18.2 Å². The lowest BCUT2D eigenvalue weighted by molar-refractivity contribution is -0.121. The first-order valence-corrected chi connectivity index (χ1v) is 9.02. The second-order valence-electron chi connectivity index (χ2n) is 7.16. The summed E-state index contributed by atoms with van der Waals surface area (Å²) < 4.78 is 13.6. The number of hydrogen-bond acceptors (Lipinski definition) is 2. The molecule has 2 amide bonds. The molecule has 0 saturated heterocycles. The number of carbonyl (C=O) groups is 2. The van der Waals surface area contributed by atoms with Crippen LogP contribution in [0.5, 0.6) is 0 Å². The molecule has 140 valence electrons. The second-order valence-corrected chi connectivity index (χ2v) is 7.16. The average molecular weight is 366 g/mol. The maximum absolute atomic E-state index is 13.6. The standard InChI is InChI=1S/C22H23FN2O2/c1-13(2)15-8-7-14(3)20(10-15)25-22(27)19-12-24-21(26)11-18(19)16-5-4-6-17(23)9-16/h4-10,12-13,18H,11H2,1-3H3,(H,24,26)(H,25,27)/t18-/m0/s1. The molecule has 0 radical (unpaired) electrons. The summed E-state index contributed by atoms with van der Waals surface area (Å²) in [5.41, 5.74) is 3.84. The lowest BCUT2D eigenvalue weighted by Gasteiger charge is -2.24. The Kier molecular flexibility index (Phi) is 5.40. The quantitative estimate of drug-likeness (QED) is 0.843. The number of anilines is 1. The Morgan fingerprint density at radius 1 is 1.22 bits per heavy atom. The van der Waals surface area contributed by atoms with Crippen molar-refractivity contribution in [3.8, 4) is 0 Å². The van der Waals surface area contributed by atoms with Crippen LogP contribution < -0.4 is 10.6 Å². The van der Waals surface area contributed by atoms with Gasteiger partial charge < -0.3 is 10.6 Å². The predicted octanol–water partition coefficient (Wildman–Crippen LogP) is 4.38. The highest BCUT2D eigenvalue weighted by Crippen LogP contribution is 2.32. The summed E-state index contributed by atoms with van der Waals surface area (Å²) in [4.78, 5) is 24.8. The molecule has 0 saturated carbocycles. The van der Waals surface area contributed by atoms with Crippen LogP contribution in [0.3, 0.4) is 0 Å². The van der Waals surface area contributed by atoms with Crippen LogP contribution in [0, 0.1) is 12.7 Å². The molecule has 0 bridgehead atoms. The minimum absolute atomic E-state index is 0.105. The van der Waals surface area contributed by atoms with Crippen LogP contribution in [-0.4, -0.2) is 11.8 Å². The summed E-state index contributed by atoms with van der Waals surface area (Å²) in [6.07, 6.45) is 1.53. The van der Waals surface area contributed by atoms with Gasteiger partial charge in [-0.15, -0.1) is 0 Å². The van der Waals surface area contributed by atoms with E-state index in [0.29, 0.717) is 17.1 Å². The minimum atomic E-state index is -0.483. The van der Waals surface area contributed by atoms with Crippen molar-refractivity contribution >= 4 is 17.5 Å². The number of halogens is 1. The van der Waals surface area contributed by atoms with E-state index in [2.05, 4.69) is 24.5 Å². The number of aryl methyl sites for hydroxylation is 1. The lowest BCUT2D eigenvalue weighted by Crippen LogP contribution is -2.32.